The molecule has 2 aromatic heterocycles. The minimum Gasteiger partial charge on any atom is -0.478 e. The second-order valence-corrected chi connectivity index (χ2v) is 4.22. The summed E-state index contributed by atoms with van der Waals surface area (Å²) in [4.78, 5) is 12.6. The predicted molar refractivity (Wildman–Crippen MR) is 73.3 cm³/mol. The third kappa shape index (κ3) is 3.21. The molecular weight excluding hydrogens is 242 g/mol. The van der Waals surface area contributed by atoms with E-state index in [2.05, 4.69) is 20.3 Å². The van der Waals surface area contributed by atoms with Gasteiger partial charge in [-0.25, -0.2) is 15.0 Å². The summed E-state index contributed by atoms with van der Waals surface area (Å²) < 4.78 is 7.46. The predicted octanol–water partition coefficient (Wildman–Crippen LogP) is 1.57. The molecule has 2 aromatic rings. The fraction of sp³-hybridized carbons (Fsp3) is 0.462. The van der Waals surface area contributed by atoms with Crippen LogP contribution in [0.15, 0.2) is 18.7 Å². The van der Waals surface area contributed by atoms with Gasteiger partial charge in [0.15, 0.2) is 0 Å². The third-order valence-corrected chi connectivity index (χ3v) is 2.88. The Morgan fingerprint density at radius 3 is 2.84 bits per heavy atom. The molecule has 0 amide bonds. The van der Waals surface area contributed by atoms with E-state index in [4.69, 9.17) is 4.74 Å². The number of rotatable bonds is 6. The Kier molecular flexibility index (Phi) is 4.33. The van der Waals surface area contributed by atoms with Crippen LogP contribution in [0, 0.1) is 6.92 Å². The Morgan fingerprint density at radius 2 is 2.16 bits per heavy atom. The molecule has 102 valence electrons. The van der Waals surface area contributed by atoms with Gasteiger partial charge < -0.3 is 14.6 Å². The Balaban J connectivity index is 1.96. The molecule has 0 aliphatic rings. The number of hydrogen-bond acceptors (Lipinski definition) is 5. The highest BCUT2D eigenvalue weighted by atomic mass is 16.5. The van der Waals surface area contributed by atoms with Crippen molar-refractivity contribution in [2.45, 2.75) is 20.3 Å². The summed E-state index contributed by atoms with van der Waals surface area (Å²) in [5.41, 5.74) is 0.934. The van der Waals surface area contributed by atoms with Crippen molar-refractivity contribution in [1.29, 1.82) is 0 Å². The average molecular weight is 261 g/mol. The molecule has 0 radical (unpaired) electrons. The number of imidazole rings is 1. The van der Waals surface area contributed by atoms with Crippen LogP contribution >= 0.6 is 0 Å². The van der Waals surface area contributed by atoms with E-state index < -0.39 is 0 Å². The molecule has 0 spiro atoms. The van der Waals surface area contributed by atoms with E-state index in [1.807, 2.05) is 31.7 Å². The first-order valence-electron chi connectivity index (χ1n) is 6.36. The molecule has 0 aliphatic carbocycles. The van der Waals surface area contributed by atoms with Gasteiger partial charge in [0, 0.05) is 32.4 Å². The molecule has 0 saturated carbocycles. The maximum absolute atomic E-state index is 5.44. The van der Waals surface area contributed by atoms with Crippen molar-refractivity contribution in [1.82, 2.24) is 19.5 Å². The molecule has 0 aromatic carbocycles. The topological polar surface area (TPSA) is 64.9 Å². The Bertz CT molecular complexity index is 538. The van der Waals surface area contributed by atoms with E-state index in [1.54, 1.807) is 6.20 Å². The van der Waals surface area contributed by atoms with Crippen LogP contribution in [0.1, 0.15) is 18.3 Å². The molecular formula is C13H19N5O. The first kappa shape index (κ1) is 13.3. The highest BCUT2D eigenvalue weighted by molar-refractivity contribution is 5.47. The molecule has 0 atom stereocenters. The lowest BCUT2D eigenvalue weighted by atomic mass is 10.3. The van der Waals surface area contributed by atoms with Crippen LogP contribution < -0.4 is 10.1 Å². The highest BCUT2D eigenvalue weighted by Gasteiger charge is 2.07. The van der Waals surface area contributed by atoms with Gasteiger partial charge in [-0.15, -0.1) is 0 Å². The average Bonchev–Trinajstić information content (AvgIpc) is 2.80. The summed E-state index contributed by atoms with van der Waals surface area (Å²) in [7, 11) is 1.99. The van der Waals surface area contributed by atoms with Gasteiger partial charge in [0.05, 0.1) is 12.2 Å². The number of anilines is 1. The van der Waals surface area contributed by atoms with Crippen molar-refractivity contribution >= 4 is 5.82 Å². The quantitative estimate of drug-likeness (QED) is 0.855. The molecule has 2 heterocycles. The molecule has 0 saturated heterocycles. The Hall–Kier alpha value is -2.11. The number of ether oxygens (including phenoxy) is 1. The standard InChI is InChI=1S/C13H19N5O/c1-4-19-13-10(2)12(16-9-17-13)15-6-5-11-14-7-8-18(11)3/h7-9H,4-6H2,1-3H3,(H,15,16,17). The van der Waals surface area contributed by atoms with Crippen LogP contribution in [0.2, 0.25) is 0 Å². The molecule has 0 unspecified atom stereocenters. The summed E-state index contributed by atoms with van der Waals surface area (Å²) in [6.45, 7) is 5.27. The largest absolute Gasteiger partial charge is 0.478 e. The highest BCUT2D eigenvalue weighted by Crippen LogP contribution is 2.19. The smallest absolute Gasteiger partial charge is 0.221 e. The van der Waals surface area contributed by atoms with Gasteiger partial charge in [-0.2, -0.15) is 0 Å². The maximum Gasteiger partial charge on any atom is 0.221 e. The van der Waals surface area contributed by atoms with Gasteiger partial charge in [-0.05, 0) is 13.8 Å². The second-order valence-electron chi connectivity index (χ2n) is 4.22. The summed E-state index contributed by atoms with van der Waals surface area (Å²) in [6, 6.07) is 0. The van der Waals surface area contributed by atoms with E-state index >= 15 is 0 Å². The molecule has 0 fully saturated rings. The summed E-state index contributed by atoms with van der Waals surface area (Å²) in [5.74, 6) is 2.49. The molecule has 6 heteroatoms. The van der Waals surface area contributed by atoms with Crippen LogP contribution in [-0.2, 0) is 13.5 Å². The fourth-order valence-electron chi connectivity index (χ4n) is 1.82. The van der Waals surface area contributed by atoms with E-state index in [0.717, 1.165) is 30.2 Å². The lowest BCUT2D eigenvalue weighted by molar-refractivity contribution is 0.324. The first-order valence-corrected chi connectivity index (χ1v) is 6.36. The molecule has 0 aliphatic heterocycles. The van der Waals surface area contributed by atoms with Gasteiger partial charge in [-0.1, -0.05) is 0 Å². The minimum atomic E-state index is 0.602. The van der Waals surface area contributed by atoms with Crippen LogP contribution in [0.5, 0.6) is 5.88 Å². The van der Waals surface area contributed by atoms with Gasteiger partial charge in [-0.3, -0.25) is 0 Å². The monoisotopic (exact) mass is 261 g/mol. The molecule has 6 nitrogen and oxygen atoms in total. The molecule has 1 N–H and O–H groups in total. The zero-order chi connectivity index (χ0) is 13.7. The molecule has 19 heavy (non-hydrogen) atoms. The SMILES string of the molecule is CCOc1ncnc(NCCc2nccn2C)c1C. The lowest BCUT2D eigenvalue weighted by Gasteiger charge is -2.11. The van der Waals surface area contributed by atoms with E-state index in [0.29, 0.717) is 12.5 Å². The van der Waals surface area contributed by atoms with E-state index in [9.17, 15) is 0 Å². The van der Waals surface area contributed by atoms with Crippen LogP contribution in [-0.4, -0.2) is 32.7 Å². The van der Waals surface area contributed by atoms with Crippen LogP contribution in [0.25, 0.3) is 0 Å². The van der Waals surface area contributed by atoms with Crippen LogP contribution in [0.3, 0.4) is 0 Å². The van der Waals surface area contributed by atoms with Gasteiger partial charge in [0.1, 0.15) is 18.0 Å². The third-order valence-electron chi connectivity index (χ3n) is 2.88. The molecule has 2 rings (SSSR count). The summed E-state index contributed by atoms with van der Waals surface area (Å²) in [5, 5.41) is 3.29. The van der Waals surface area contributed by atoms with Crippen molar-refractivity contribution in [2.75, 3.05) is 18.5 Å². The zero-order valence-corrected chi connectivity index (χ0v) is 11.6. The van der Waals surface area contributed by atoms with Crippen molar-refractivity contribution in [2.24, 2.45) is 7.05 Å². The Morgan fingerprint density at radius 1 is 1.32 bits per heavy atom. The molecule has 0 bridgehead atoms. The number of hydrogen-bond donors (Lipinski definition) is 1. The normalized spacial score (nSPS) is 10.5. The first-order chi connectivity index (χ1) is 9.22. The number of aromatic nitrogens is 4. The summed E-state index contributed by atoms with van der Waals surface area (Å²) >= 11 is 0. The van der Waals surface area contributed by atoms with Crippen molar-refractivity contribution in [3.63, 3.8) is 0 Å². The second kappa shape index (κ2) is 6.17. The van der Waals surface area contributed by atoms with Crippen molar-refractivity contribution < 1.29 is 4.74 Å². The van der Waals surface area contributed by atoms with E-state index in [1.165, 1.54) is 6.33 Å². The lowest BCUT2D eigenvalue weighted by Crippen LogP contribution is -2.11. The number of nitrogens with zero attached hydrogens (tertiary/aromatic N) is 4. The zero-order valence-electron chi connectivity index (χ0n) is 11.6. The maximum atomic E-state index is 5.44. The van der Waals surface area contributed by atoms with Crippen LogP contribution in [0.4, 0.5) is 5.82 Å². The Labute approximate surface area is 112 Å². The van der Waals surface area contributed by atoms with Gasteiger partial charge in [0.25, 0.3) is 0 Å². The minimum absolute atomic E-state index is 0.602. The fourth-order valence-corrected chi connectivity index (χ4v) is 1.82. The number of nitrogens with one attached hydrogen (secondary N) is 1. The van der Waals surface area contributed by atoms with Crippen molar-refractivity contribution in [3.8, 4) is 5.88 Å². The van der Waals surface area contributed by atoms with Crippen molar-refractivity contribution in [3.05, 3.63) is 30.1 Å². The van der Waals surface area contributed by atoms with E-state index in [-0.39, 0.29) is 0 Å². The summed E-state index contributed by atoms with van der Waals surface area (Å²) in [6.07, 6.45) is 6.11. The van der Waals surface area contributed by atoms with Gasteiger partial charge in [0.2, 0.25) is 5.88 Å². The van der Waals surface area contributed by atoms with Gasteiger partial charge >= 0.3 is 0 Å². The number of aryl methyl sites for hydroxylation is 1.